The average molecular weight is 358 g/mol. The molecule has 0 saturated carbocycles. The molecule has 0 aliphatic carbocycles. The van der Waals surface area contributed by atoms with Gasteiger partial charge in [0.25, 0.3) is 15.9 Å². The van der Waals surface area contributed by atoms with Crippen molar-refractivity contribution in [3.8, 4) is 0 Å². The number of nitrogens with one attached hydrogen (secondary N) is 1. The first kappa shape index (κ1) is 17.5. The Balaban J connectivity index is 1.79. The van der Waals surface area contributed by atoms with Gasteiger partial charge in [-0.15, -0.1) is 0 Å². The molecule has 0 atom stereocenters. The van der Waals surface area contributed by atoms with Gasteiger partial charge in [-0.25, -0.2) is 8.42 Å². The number of nitrogens with zero attached hydrogens (tertiary/aromatic N) is 1. The summed E-state index contributed by atoms with van der Waals surface area (Å²) in [4.78, 5) is 14.3. The van der Waals surface area contributed by atoms with Crippen LogP contribution in [-0.2, 0) is 16.4 Å². The highest BCUT2D eigenvalue weighted by atomic mass is 32.2. The van der Waals surface area contributed by atoms with Crippen LogP contribution in [0.2, 0.25) is 0 Å². The van der Waals surface area contributed by atoms with Crippen LogP contribution in [0.4, 0.5) is 5.69 Å². The minimum atomic E-state index is -3.68. The highest BCUT2D eigenvalue weighted by molar-refractivity contribution is 7.92. The second kappa shape index (κ2) is 7.27. The van der Waals surface area contributed by atoms with Crippen molar-refractivity contribution < 1.29 is 13.2 Å². The second-order valence-corrected chi connectivity index (χ2v) is 7.82. The molecule has 0 bridgehead atoms. The van der Waals surface area contributed by atoms with Gasteiger partial charge in [0.2, 0.25) is 0 Å². The zero-order valence-corrected chi connectivity index (χ0v) is 15.1. The van der Waals surface area contributed by atoms with Gasteiger partial charge in [0, 0.05) is 18.7 Å². The Labute approximate surface area is 148 Å². The molecule has 25 heavy (non-hydrogen) atoms. The van der Waals surface area contributed by atoms with Crippen molar-refractivity contribution >= 4 is 21.6 Å². The summed E-state index contributed by atoms with van der Waals surface area (Å²) >= 11 is 0. The summed E-state index contributed by atoms with van der Waals surface area (Å²) < 4.78 is 27.8. The van der Waals surface area contributed by atoms with Crippen LogP contribution in [0.3, 0.4) is 0 Å². The minimum absolute atomic E-state index is 0.0364. The van der Waals surface area contributed by atoms with Crippen molar-refractivity contribution in [1.82, 2.24) is 4.90 Å². The van der Waals surface area contributed by atoms with Gasteiger partial charge in [-0.1, -0.05) is 25.1 Å². The summed E-state index contributed by atoms with van der Waals surface area (Å²) in [6, 6.07) is 13.5. The number of hydrogen-bond acceptors (Lipinski definition) is 3. The van der Waals surface area contributed by atoms with E-state index < -0.39 is 10.0 Å². The summed E-state index contributed by atoms with van der Waals surface area (Å²) in [5, 5.41) is 0. The highest BCUT2D eigenvalue weighted by Crippen LogP contribution is 2.21. The van der Waals surface area contributed by atoms with Crippen molar-refractivity contribution in [2.24, 2.45) is 0 Å². The van der Waals surface area contributed by atoms with Gasteiger partial charge in [-0.2, -0.15) is 0 Å². The Hall–Kier alpha value is -2.34. The Kier molecular flexibility index (Phi) is 5.08. The van der Waals surface area contributed by atoms with Crippen molar-refractivity contribution in [1.29, 1.82) is 0 Å². The van der Waals surface area contributed by atoms with Crippen LogP contribution in [-0.4, -0.2) is 32.3 Å². The highest BCUT2D eigenvalue weighted by Gasteiger charge is 2.21. The van der Waals surface area contributed by atoms with E-state index in [0.717, 1.165) is 37.9 Å². The number of carbonyl (C=O) groups excluding carboxylic acids is 1. The summed E-state index contributed by atoms with van der Waals surface area (Å²) in [5.41, 5.74) is 2.05. The lowest BCUT2D eigenvalue weighted by Crippen LogP contribution is -2.27. The number of carbonyl (C=O) groups is 1. The van der Waals surface area contributed by atoms with Gasteiger partial charge in [0.15, 0.2) is 0 Å². The van der Waals surface area contributed by atoms with Gasteiger partial charge in [0.1, 0.15) is 0 Å². The molecule has 1 fully saturated rings. The lowest BCUT2D eigenvalue weighted by Gasteiger charge is -2.15. The quantitative estimate of drug-likeness (QED) is 0.892. The molecule has 0 unspecified atom stereocenters. The molecule has 1 N–H and O–H groups in total. The molecule has 0 radical (unpaired) electrons. The maximum absolute atomic E-state index is 12.6. The topological polar surface area (TPSA) is 66.5 Å². The summed E-state index contributed by atoms with van der Waals surface area (Å²) in [6.07, 6.45) is 2.79. The van der Waals surface area contributed by atoms with Crippen molar-refractivity contribution in [2.75, 3.05) is 17.8 Å². The summed E-state index contributed by atoms with van der Waals surface area (Å²) in [7, 11) is -3.68. The molecule has 2 aromatic carbocycles. The molecule has 3 rings (SSSR count). The fourth-order valence-electron chi connectivity index (χ4n) is 3.01. The van der Waals surface area contributed by atoms with E-state index >= 15 is 0 Å². The fourth-order valence-corrected chi connectivity index (χ4v) is 4.11. The van der Waals surface area contributed by atoms with E-state index in [2.05, 4.69) is 4.72 Å². The maximum Gasteiger partial charge on any atom is 0.261 e. The van der Waals surface area contributed by atoms with Crippen LogP contribution in [0.5, 0.6) is 0 Å². The number of rotatable bonds is 5. The normalized spacial score (nSPS) is 14.5. The third kappa shape index (κ3) is 3.85. The Bertz CT molecular complexity index is 854. The molecule has 0 aromatic heterocycles. The molecule has 1 saturated heterocycles. The van der Waals surface area contributed by atoms with E-state index in [1.165, 1.54) is 12.1 Å². The molecule has 1 heterocycles. The first-order valence-corrected chi connectivity index (χ1v) is 9.99. The first-order valence-electron chi connectivity index (χ1n) is 8.51. The predicted octanol–water partition coefficient (Wildman–Crippen LogP) is 3.29. The zero-order chi connectivity index (χ0) is 17.9. The number of hydrogen-bond donors (Lipinski definition) is 1. The van der Waals surface area contributed by atoms with Crippen molar-refractivity contribution in [2.45, 2.75) is 31.1 Å². The molecular formula is C19H22N2O3S. The van der Waals surface area contributed by atoms with Crippen molar-refractivity contribution in [3.05, 3.63) is 59.7 Å². The zero-order valence-electron chi connectivity index (χ0n) is 14.2. The smallest absolute Gasteiger partial charge is 0.261 e. The van der Waals surface area contributed by atoms with Crippen LogP contribution in [0.1, 0.15) is 35.7 Å². The van der Waals surface area contributed by atoms with Gasteiger partial charge in [0.05, 0.1) is 10.6 Å². The maximum atomic E-state index is 12.6. The summed E-state index contributed by atoms with van der Waals surface area (Å²) in [5.74, 6) is -0.0364. The van der Waals surface area contributed by atoms with E-state index in [1.54, 1.807) is 29.2 Å². The largest absolute Gasteiger partial charge is 0.339 e. The van der Waals surface area contributed by atoms with E-state index in [-0.39, 0.29) is 10.8 Å². The predicted molar refractivity (Wildman–Crippen MR) is 98.2 cm³/mol. The molecule has 132 valence electrons. The van der Waals surface area contributed by atoms with Gasteiger partial charge >= 0.3 is 0 Å². The number of para-hydroxylation sites is 1. The van der Waals surface area contributed by atoms with E-state index in [1.807, 2.05) is 19.1 Å². The number of anilines is 1. The van der Waals surface area contributed by atoms with Crippen LogP contribution < -0.4 is 4.72 Å². The monoisotopic (exact) mass is 358 g/mol. The Morgan fingerprint density at radius 3 is 2.32 bits per heavy atom. The molecule has 1 aliphatic rings. The van der Waals surface area contributed by atoms with Gasteiger partial charge < -0.3 is 4.90 Å². The molecule has 5 nitrogen and oxygen atoms in total. The van der Waals surface area contributed by atoms with Crippen LogP contribution >= 0.6 is 0 Å². The van der Waals surface area contributed by atoms with E-state index in [0.29, 0.717) is 11.3 Å². The van der Waals surface area contributed by atoms with Crippen LogP contribution in [0, 0.1) is 0 Å². The summed E-state index contributed by atoms with van der Waals surface area (Å²) in [6.45, 7) is 3.52. The first-order chi connectivity index (χ1) is 12.0. The number of sulfonamides is 1. The van der Waals surface area contributed by atoms with Crippen LogP contribution in [0.15, 0.2) is 53.4 Å². The molecule has 6 heteroatoms. The van der Waals surface area contributed by atoms with Crippen LogP contribution in [0.25, 0.3) is 0 Å². The molecule has 0 spiro atoms. The number of likely N-dealkylation sites (tertiary alicyclic amines) is 1. The SMILES string of the molecule is CCc1ccccc1NS(=O)(=O)c1ccc(C(=O)N2CCCC2)cc1. The van der Waals surface area contributed by atoms with E-state index in [9.17, 15) is 13.2 Å². The molecule has 2 aromatic rings. The standard InChI is InChI=1S/C19H22N2O3S/c1-2-15-7-3-4-8-18(15)20-25(23,24)17-11-9-16(10-12-17)19(22)21-13-5-6-14-21/h3-4,7-12,20H,2,5-6,13-14H2,1H3. The molecular weight excluding hydrogens is 336 g/mol. The fraction of sp³-hybridized carbons (Fsp3) is 0.316. The second-order valence-electron chi connectivity index (χ2n) is 6.14. The number of aryl methyl sites for hydroxylation is 1. The third-order valence-electron chi connectivity index (χ3n) is 4.45. The lowest BCUT2D eigenvalue weighted by molar-refractivity contribution is 0.0792. The van der Waals surface area contributed by atoms with Crippen molar-refractivity contribution in [3.63, 3.8) is 0 Å². The minimum Gasteiger partial charge on any atom is -0.339 e. The van der Waals surface area contributed by atoms with Gasteiger partial charge in [-0.05, 0) is 55.2 Å². The Morgan fingerprint density at radius 2 is 1.68 bits per heavy atom. The Morgan fingerprint density at radius 1 is 1.04 bits per heavy atom. The third-order valence-corrected chi connectivity index (χ3v) is 5.83. The number of benzene rings is 2. The molecule has 1 amide bonds. The lowest BCUT2D eigenvalue weighted by atomic mass is 10.1. The van der Waals surface area contributed by atoms with Gasteiger partial charge in [-0.3, -0.25) is 9.52 Å². The van der Waals surface area contributed by atoms with E-state index in [4.69, 9.17) is 0 Å². The molecule has 1 aliphatic heterocycles. The average Bonchev–Trinajstić information content (AvgIpc) is 3.16. The number of amides is 1.